The number of hydrogen-bond acceptors (Lipinski definition) is 3. The first-order chi connectivity index (χ1) is 11.3. The van der Waals surface area contributed by atoms with Crippen LogP contribution in [0.4, 0.5) is 4.79 Å². The smallest absolute Gasteiger partial charge is 0.315 e. The molecule has 3 aromatic rings. The molecule has 2 aromatic heterocycles. The molecule has 116 valence electrons. The van der Waals surface area contributed by atoms with Crippen molar-refractivity contribution in [3.8, 4) is 5.82 Å². The molecule has 23 heavy (non-hydrogen) atoms. The van der Waals surface area contributed by atoms with E-state index in [-0.39, 0.29) is 6.03 Å². The Morgan fingerprint density at radius 1 is 1.17 bits per heavy atom. The second-order valence-corrected chi connectivity index (χ2v) is 5.73. The fourth-order valence-electron chi connectivity index (χ4n) is 2.45. The first-order valence-electron chi connectivity index (χ1n) is 7.71. The maximum atomic E-state index is 11.6. The molecule has 6 heteroatoms. The highest BCUT2D eigenvalue weighted by Crippen LogP contribution is 2.18. The minimum atomic E-state index is -0.114. The van der Waals surface area contributed by atoms with Crippen molar-refractivity contribution < 1.29 is 4.79 Å². The van der Waals surface area contributed by atoms with Crippen molar-refractivity contribution in [2.45, 2.75) is 25.4 Å². The van der Waals surface area contributed by atoms with Gasteiger partial charge in [0.25, 0.3) is 0 Å². The summed E-state index contributed by atoms with van der Waals surface area (Å²) in [4.78, 5) is 20.5. The summed E-state index contributed by atoms with van der Waals surface area (Å²) in [5.41, 5.74) is 2.93. The molecular weight excluding hydrogens is 290 g/mol. The van der Waals surface area contributed by atoms with Crippen LogP contribution in [-0.2, 0) is 6.54 Å². The number of pyridine rings is 1. The van der Waals surface area contributed by atoms with Crippen molar-refractivity contribution in [2.75, 3.05) is 0 Å². The van der Waals surface area contributed by atoms with Gasteiger partial charge in [0.2, 0.25) is 0 Å². The lowest BCUT2D eigenvalue weighted by Crippen LogP contribution is -2.36. The molecule has 6 nitrogen and oxygen atoms in total. The molecule has 1 saturated carbocycles. The summed E-state index contributed by atoms with van der Waals surface area (Å²) >= 11 is 0. The third kappa shape index (κ3) is 3.01. The van der Waals surface area contributed by atoms with Crippen LogP contribution >= 0.6 is 0 Å². The molecule has 2 heterocycles. The molecular formula is C17H17N5O. The van der Waals surface area contributed by atoms with Crippen molar-refractivity contribution >= 4 is 17.1 Å². The Labute approximate surface area is 133 Å². The number of hydrogen-bond donors (Lipinski definition) is 2. The van der Waals surface area contributed by atoms with Gasteiger partial charge in [0.1, 0.15) is 12.1 Å². The van der Waals surface area contributed by atoms with Gasteiger partial charge in [-0.15, -0.1) is 0 Å². The van der Waals surface area contributed by atoms with Crippen LogP contribution in [0.3, 0.4) is 0 Å². The minimum absolute atomic E-state index is 0.114. The molecule has 1 fully saturated rings. The monoisotopic (exact) mass is 307 g/mol. The van der Waals surface area contributed by atoms with Gasteiger partial charge in [0.15, 0.2) is 0 Å². The van der Waals surface area contributed by atoms with Gasteiger partial charge in [-0.05, 0) is 36.6 Å². The van der Waals surface area contributed by atoms with E-state index in [0.29, 0.717) is 12.6 Å². The summed E-state index contributed by atoms with van der Waals surface area (Å²) < 4.78 is 1.95. The van der Waals surface area contributed by atoms with Crippen LogP contribution < -0.4 is 10.6 Å². The predicted octanol–water partition coefficient (Wildman–Crippen LogP) is 2.38. The van der Waals surface area contributed by atoms with E-state index in [1.54, 1.807) is 12.5 Å². The first-order valence-corrected chi connectivity index (χ1v) is 7.71. The third-order valence-corrected chi connectivity index (χ3v) is 3.88. The number of para-hydroxylation sites is 2. The lowest BCUT2D eigenvalue weighted by Gasteiger charge is -2.08. The molecule has 2 amide bonds. The zero-order chi connectivity index (χ0) is 15.6. The molecule has 2 N–H and O–H groups in total. The van der Waals surface area contributed by atoms with E-state index < -0.39 is 0 Å². The van der Waals surface area contributed by atoms with E-state index in [2.05, 4.69) is 20.6 Å². The van der Waals surface area contributed by atoms with Crippen LogP contribution in [0.25, 0.3) is 16.9 Å². The van der Waals surface area contributed by atoms with Gasteiger partial charge >= 0.3 is 6.03 Å². The predicted molar refractivity (Wildman–Crippen MR) is 87.3 cm³/mol. The number of aromatic nitrogens is 3. The van der Waals surface area contributed by atoms with Gasteiger partial charge in [-0.1, -0.05) is 18.2 Å². The third-order valence-electron chi connectivity index (χ3n) is 3.88. The Morgan fingerprint density at radius 3 is 2.83 bits per heavy atom. The summed E-state index contributed by atoms with van der Waals surface area (Å²) in [7, 11) is 0. The topological polar surface area (TPSA) is 71.8 Å². The number of benzene rings is 1. The molecule has 1 aromatic carbocycles. The maximum Gasteiger partial charge on any atom is 0.315 e. The lowest BCUT2D eigenvalue weighted by atomic mass is 10.2. The van der Waals surface area contributed by atoms with Gasteiger partial charge < -0.3 is 10.6 Å². The number of amides is 2. The van der Waals surface area contributed by atoms with Crippen molar-refractivity contribution in [1.29, 1.82) is 0 Å². The quantitative estimate of drug-likeness (QED) is 0.777. The highest BCUT2D eigenvalue weighted by atomic mass is 16.2. The Kier molecular flexibility index (Phi) is 3.42. The van der Waals surface area contributed by atoms with Gasteiger partial charge in [-0.25, -0.2) is 14.8 Å². The second kappa shape index (κ2) is 5.72. The van der Waals surface area contributed by atoms with Crippen molar-refractivity contribution in [3.63, 3.8) is 0 Å². The molecule has 1 aliphatic carbocycles. The summed E-state index contributed by atoms with van der Waals surface area (Å²) in [6.07, 6.45) is 5.72. The molecule has 0 aliphatic heterocycles. The van der Waals surface area contributed by atoms with Crippen LogP contribution in [0.2, 0.25) is 0 Å². The molecule has 0 spiro atoms. The number of carbonyl (C=O) groups is 1. The van der Waals surface area contributed by atoms with Crippen LogP contribution in [0.1, 0.15) is 18.4 Å². The number of imidazole rings is 1. The van der Waals surface area contributed by atoms with Crippen LogP contribution in [-0.4, -0.2) is 26.6 Å². The lowest BCUT2D eigenvalue weighted by molar-refractivity contribution is 0.240. The first kappa shape index (κ1) is 13.8. The number of nitrogens with one attached hydrogen (secondary N) is 2. The van der Waals surface area contributed by atoms with Crippen LogP contribution in [0, 0.1) is 0 Å². The molecule has 0 atom stereocenters. The van der Waals surface area contributed by atoms with Gasteiger partial charge in [0.05, 0.1) is 11.0 Å². The average Bonchev–Trinajstić information content (AvgIpc) is 3.29. The Hall–Kier alpha value is -2.89. The van der Waals surface area contributed by atoms with E-state index in [4.69, 9.17) is 0 Å². The SMILES string of the molecule is O=C(NCc1ccc(-n2cnc3ccccc32)nc1)NC1CC1. The highest BCUT2D eigenvalue weighted by molar-refractivity contribution is 5.76. The van der Waals surface area contributed by atoms with Gasteiger partial charge in [-0.3, -0.25) is 4.57 Å². The second-order valence-electron chi connectivity index (χ2n) is 5.73. The summed E-state index contributed by atoms with van der Waals surface area (Å²) in [5.74, 6) is 0.810. The van der Waals surface area contributed by atoms with Crippen molar-refractivity contribution in [3.05, 3.63) is 54.5 Å². The summed E-state index contributed by atoms with van der Waals surface area (Å²) in [5, 5.41) is 5.74. The number of fused-ring (bicyclic) bond motifs is 1. The molecule has 4 rings (SSSR count). The minimum Gasteiger partial charge on any atom is -0.335 e. The molecule has 0 saturated heterocycles. The van der Waals surface area contributed by atoms with E-state index in [1.807, 2.05) is 41.0 Å². The van der Waals surface area contributed by atoms with E-state index in [1.165, 1.54) is 0 Å². The maximum absolute atomic E-state index is 11.6. The number of urea groups is 1. The van der Waals surface area contributed by atoms with Crippen LogP contribution in [0.5, 0.6) is 0 Å². The van der Waals surface area contributed by atoms with Gasteiger partial charge in [0, 0.05) is 18.8 Å². The highest BCUT2D eigenvalue weighted by Gasteiger charge is 2.22. The van der Waals surface area contributed by atoms with E-state index in [9.17, 15) is 4.79 Å². The average molecular weight is 307 g/mol. The standard InChI is InChI=1S/C17H17N5O/c23-17(21-13-6-7-13)19-10-12-5-8-16(18-9-12)22-11-20-14-3-1-2-4-15(14)22/h1-5,8-9,11,13H,6-7,10H2,(H2,19,21,23). The van der Waals surface area contributed by atoms with E-state index >= 15 is 0 Å². The van der Waals surface area contributed by atoms with Crippen LogP contribution in [0.15, 0.2) is 48.9 Å². The zero-order valence-corrected chi connectivity index (χ0v) is 12.6. The Balaban J connectivity index is 1.46. The summed E-state index contributed by atoms with van der Waals surface area (Å²) in [6.45, 7) is 0.469. The largest absolute Gasteiger partial charge is 0.335 e. The zero-order valence-electron chi connectivity index (χ0n) is 12.6. The number of nitrogens with zero attached hydrogens (tertiary/aromatic N) is 3. The normalized spacial score (nSPS) is 13.9. The molecule has 0 bridgehead atoms. The molecule has 0 unspecified atom stereocenters. The fourth-order valence-corrected chi connectivity index (χ4v) is 2.45. The summed E-state index contributed by atoms with van der Waals surface area (Å²) in [6, 6.07) is 12.1. The van der Waals surface area contributed by atoms with Crippen molar-refractivity contribution in [2.24, 2.45) is 0 Å². The Morgan fingerprint density at radius 2 is 2.04 bits per heavy atom. The molecule has 0 radical (unpaired) electrons. The molecule has 1 aliphatic rings. The van der Waals surface area contributed by atoms with E-state index in [0.717, 1.165) is 35.3 Å². The number of rotatable bonds is 4. The van der Waals surface area contributed by atoms with Crippen molar-refractivity contribution in [1.82, 2.24) is 25.2 Å². The Bertz CT molecular complexity index is 836. The fraction of sp³-hybridized carbons (Fsp3) is 0.235. The number of carbonyl (C=O) groups excluding carboxylic acids is 1. The van der Waals surface area contributed by atoms with Gasteiger partial charge in [-0.2, -0.15) is 0 Å².